The average molecular weight is 235 g/mol. The minimum absolute atomic E-state index is 0.00343. The van der Waals surface area contributed by atoms with Crippen molar-refractivity contribution in [3.05, 3.63) is 28.3 Å². The number of oxazole rings is 1. The molecule has 0 aliphatic heterocycles. The van der Waals surface area contributed by atoms with Crippen LogP contribution in [0, 0.1) is 0 Å². The first-order valence-electron chi connectivity index (χ1n) is 5.02. The number of nitrogens with zero attached hydrogens (tertiary/aromatic N) is 1. The maximum atomic E-state index is 11.0. The van der Waals surface area contributed by atoms with Gasteiger partial charge in [0.25, 0.3) is 0 Å². The molecule has 2 aromatic rings. The summed E-state index contributed by atoms with van der Waals surface area (Å²) >= 11 is 1.53. The third-order valence-corrected chi connectivity index (χ3v) is 3.26. The van der Waals surface area contributed by atoms with Crippen molar-refractivity contribution < 1.29 is 14.3 Å². The Morgan fingerprint density at radius 3 is 2.94 bits per heavy atom. The molecular weight excluding hydrogens is 226 g/mol. The van der Waals surface area contributed by atoms with Gasteiger partial charge < -0.3 is 9.52 Å². The molecule has 4 nitrogen and oxygen atoms in total. The molecule has 0 unspecified atom stereocenters. The van der Waals surface area contributed by atoms with Crippen LogP contribution in [-0.2, 0) is 0 Å². The van der Waals surface area contributed by atoms with Crippen molar-refractivity contribution in [3.63, 3.8) is 0 Å². The van der Waals surface area contributed by atoms with Gasteiger partial charge in [-0.25, -0.2) is 9.78 Å². The Hall–Kier alpha value is -1.62. The number of thiophene rings is 1. The second kappa shape index (κ2) is 3.45. The van der Waals surface area contributed by atoms with Crippen LogP contribution in [0.1, 0.15) is 35.0 Å². The summed E-state index contributed by atoms with van der Waals surface area (Å²) in [6.45, 7) is 0. The number of carbonyl (C=O) groups is 1. The van der Waals surface area contributed by atoms with Crippen molar-refractivity contribution in [2.45, 2.75) is 18.8 Å². The van der Waals surface area contributed by atoms with Gasteiger partial charge in [0.1, 0.15) is 0 Å². The summed E-state index contributed by atoms with van der Waals surface area (Å²) in [5, 5.41) is 12.8. The van der Waals surface area contributed by atoms with Gasteiger partial charge in [-0.15, -0.1) is 0 Å². The van der Waals surface area contributed by atoms with Crippen LogP contribution in [0.5, 0.6) is 0 Å². The van der Waals surface area contributed by atoms with Crippen LogP contribution in [0.15, 0.2) is 21.2 Å². The quantitative estimate of drug-likeness (QED) is 0.888. The molecule has 0 bridgehead atoms. The first kappa shape index (κ1) is 9.59. The molecule has 2 aromatic heterocycles. The molecule has 0 spiro atoms. The molecule has 3 rings (SSSR count). The van der Waals surface area contributed by atoms with Crippen LogP contribution in [0.4, 0.5) is 0 Å². The fourth-order valence-corrected chi connectivity index (χ4v) is 2.26. The lowest BCUT2D eigenvalue weighted by Gasteiger charge is -1.89. The highest BCUT2D eigenvalue weighted by molar-refractivity contribution is 7.08. The van der Waals surface area contributed by atoms with Gasteiger partial charge in [-0.2, -0.15) is 11.3 Å². The molecule has 1 saturated carbocycles. The fourth-order valence-electron chi connectivity index (χ4n) is 1.63. The molecule has 0 atom stereocenters. The van der Waals surface area contributed by atoms with Crippen molar-refractivity contribution in [2.24, 2.45) is 0 Å². The molecule has 1 aliphatic carbocycles. The van der Waals surface area contributed by atoms with Crippen molar-refractivity contribution in [1.29, 1.82) is 0 Å². The molecule has 0 radical (unpaired) electrons. The lowest BCUT2D eigenvalue weighted by atomic mass is 10.2. The highest BCUT2D eigenvalue weighted by atomic mass is 32.1. The second-order valence-electron chi connectivity index (χ2n) is 3.82. The zero-order valence-electron chi connectivity index (χ0n) is 8.34. The smallest absolute Gasteiger partial charge is 0.373 e. The highest BCUT2D eigenvalue weighted by Crippen LogP contribution is 2.42. The summed E-state index contributed by atoms with van der Waals surface area (Å²) in [5.74, 6) is -0.331. The molecule has 16 heavy (non-hydrogen) atoms. The summed E-state index contributed by atoms with van der Waals surface area (Å²) in [7, 11) is 0. The Bertz CT molecular complexity index is 525. The van der Waals surface area contributed by atoms with E-state index in [1.807, 2.05) is 16.8 Å². The number of rotatable bonds is 3. The zero-order valence-corrected chi connectivity index (χ0v) is 9.16. The Morgan fingerprint density at radius 1 is 1.56 bits per heavy atom. The predicted molar refractivity (Wildman–Crippen MR) is 58.8 cm³/mol. The predicted octanol–water partition coefficient (Wildman–Crippen LogP) is 2.98. The molecular formula is C11H9NO3S. The van der Waals surface area contributed by atoms with E-state index in [1.54, 1.807) is 0 Å². The third kappa shape index (κ3) is 1.53. The topological polar surface area (TPSA) is 63.3 Å². The molecule has 0 amide bonds. The number of aromatic carboxylic acids is 1. The SMILES string of the molecule is O=C(O)c1oc(-c2ccsc2)nc1C1CC1. The van der Waals surface area contributed by atoms with E-state index in [0.29, 0.717) is 11.6 Å². The van der Waals surface area contributed by atoms with E-state index < -0.39 is 5.97 Å². The second-order valence-corrected chi connectivity index (χ2v) is 4.60. The van der Waals surface area contributed by atoms with Crippen LogP contribution >= 0.6 is 11.3 Å². The summed E-state index contributed by atoms with van der Waals surface area (Å²) in [5.41, 5.74) is 1.45. The van der Waals surface area contributed by atoms with Gasteiger partial charge >= 0.3 is 5.97 Å². The van der Waals surface area contributed by atoms with Gasteiger partial charge in [0.05, 0.1) is 5.69 Å². The molecule has 82 valence electrons. The summed E-state index contributed by atoms with van der Waals surface area (Å²) in [6, 6.07) is 1.87. The van der Waals surface area contributed by atoms with E-state index in [4.69, 9.17) is 9.52 Å². The maximum Gasteiger partial charge on any atom is 0.373 e. The molecule has 5 heteroatoms. The maximum absolute atomic E-state index is 11.0. The number of carboxylic acid groups (broad SMARTS) is 1. The van der Waals surface area contributed by atoms with Gasteiger partial charge in [0, 0.05) is 16.9 Å². The van der Waals surface area contributed by atoms with Crippen molar-refractivity contribution in [3.8, 4) is 11.5 Å². The third-order valence-electron chi connectivity index (χ3n) is 2.58. The Balaban J connectivity index is 2.08. The van der Waals surface area contributed by atoms with Gasteiger partial charge in [-0.05, 0) is 24.3 Å². The van der Waals surface area contributed by atoms with E-state index in [-0.39, 0.29) is 11.7 Å². The first-order chi connectivity index (χ1) is 7.75. The van der Waals surface area contributed by atoms with Gasteiger partial charge in [0.2, 0.25) is 11.7 Å². The number of carboxylic acids is 1. The minimum atomic E-state index is -1.03. The van der Waals surface area contributed by atoms with Gasteiger partial charge in [-0.3, -0.25) is 0 Å². The van der Waals surface area contributed by atoms with Crippen LogP contribution in [-0.4, -0.2) is 16.1 Å². The molecule has 1 N–H and O–H groups in total. The van der Waals surface area contributed by atoms with Crippen molar-refractivity contribution in [2.75, 3.05) is 0 Å². The van der Waals surface area contributed by atoms with Gasteiger partial charge in [-0.1, -0.05) is 0 Å². The minimum Gasteiger partial charge on any atom is -0.475 e. The largest absolute Gasteiger partial charge is 0.475 e. The van der Waals surface area contributed by atoms with E-state index in [9.17, 15) is 4.79 Å². The molecule has 0 aromatic carbocycles. The molecule has 1 fully saturated rings. The van der Waals surface area contributed by atoms with E-state index >= 15 is 0 Å². The summed E-state index contributed by atoms with van der Waals surface area (Å²) < 4.78 is 5.32. The van der Waals surface area contributed by atoms with Crippen molar-refractivity contribution in [1.82, 2.24) is 4.98 Å². The summed E-state index contributed by atoms with van der Waals surface area (Å²) in [6.07, 6.45) is 2.02. The van der Waals surface area contributed by atoms with Crippen molar-refractivity contribution >= 4 is 17.3 Å². The highest BCUT2D eigenvalue weighted by Gasteiger charge is 2.33. The van der Waals surface area contributed by atoms with E-state index in [0.717, 1.165) is 18.4 Å². The van der Waals surface area contributed by atoms with E-state index in [2.05, 4.69) is 4.98 Å². The fraction of sp³-hybridized carbons (Fsp3) is 0.273. The standard InChI is InChI=1S/C11H9NO3S/c13-11(14)9-8(6-1-2-6)12-10(15-9)7-3-4-16-5-7/h3-6H,1-2H2,(H,13,14). The summed E-state index contributed by atoms with van der Waals surface area (Å²) in [4.78, 5) is 15.3. The van der Waals surface area contributed by atoms with Crippen LogP contribution in [0.3, 0.4) is 0 Å². The molecule has 0 saturated heterocycles. The Morgan fingerprint density at radius 2 is 2.38 bits per heavy atom. The van der Waals surface area contributed by atoms with Gasteiger partial charge in [0.15, 0.2) is 0 Å². The number of hydrogen-bond donors (Lipinski definition) is 1. The lowest BCUT2D eigenvalue weighted by molar-refractivity contribution is 0.0661. The van der Waals surface area contributed by atoms with E-state index in [1.165, 1.54) is 11.3 Å². The van der Waals surface area contributed by atoms with Crippen LogP contribution < -0.4 is 0 Å². The normalized spacial score (nSPS) is 15.2. The van der Waals surface area contributed by atoms with Crippen LogP contribution in [0.2, 0.25) is 0 Å². The molecule has 2 heterocycles. The first-order valence-corrected chi connectivity index (χ1v) is 5.96. The molecule has 1 aliphatic rings. The number of aromatic nitrogens is 1. The monoisotopic (exact) mass is 235 g/mol. The average Bonchev–Trinajstić information content (AvgIpc) is 2.83. The Labute approximate surface area is 95.6 Å². The zero-order chi connectivity index (χ0) is 11.1. The lowest BCUT2D eigenvalue weighted by Crippen LogP contribution is -1.98. The van der Waals surface area contributed by atoms with Crippen LogP contribution in [0.25, 0.3) is 11.5 Å². The Kier molecular flexibility index (Phi) is 2.07. The number of hydrogen-bond acceptors (Lipinski definition) is 4.